The molecular weight excluding hydrogens is 225 g/mol. The molecule has 2 N–H and O–H groups in total. The molecule has 0 saturated heterocycles. The summed E-state index contributed by atoms with van der Waals surface area (Å²) in [6.07, 6.45) is 3.05. The summed E-state index contributed by atoms with van der Waals surface area (Å²) >= 11 is 4.89. The van der Waals surface area contributed by atoms with Gasteiger partial charge in [0.2, 0.25) is 0 Å². The molecule has 0 spiro atoms. The molecule has 1 aromatic carbocycles. The van der Waals surface area contributed by atoms with Crippen LogP contribution in [0.25, 0.3) is 0 Å². The highest BCUT2D eigenvalue weighted by atomic mass is 32.1. The van der Waals surface area contributed by atoms with Crippen molar-refractivity contribution in [1.29, 1.82) is 0 Å². The number of hydrogen-bond donors (Lipinski definition) is 2. The molecule has 3 nitrogen and oxygen atoms in total. The van der Waals surface area contributed by atoms with E-state index in [1.54, 1.807) is 24.3 Å². The summed E-state index contributed by atoms with van der Waals surface area (Å²) in [5.41, 5.74) is 2.97. The van der Waals surface area contributed by atoms with Crippen molar-refractivity contribution in [3.8, 4) is 0 Å². The van der Waals surface area contributed by atoms with E-state index in [2.05, 4.69) is 22.4 Å². The van der Waals surface area contributed by atoms with Gasteiger partial charge >= 0.3 is 0 Å². The van der Waals surface area contributed by atoms with E-state index < -0.39 is 0 Å². The fourth-order valence-corrected chi connectivity index (χ4v) is 1.08. The standard InChI is InChI=1S/C11H12FN3S/c1-2-7-13-11(16)15-14-8-9-5-3-4-6-10(9)12/h2-6,8H,1,7H2,(H2,13,15,16). The Bertz CT molecular complexity index is 404. The Morgan fingerprint density at radius 2 is 2.25 bits per heavy atom. The third-order valence-electron chi connectivity index (χ3n) is 1.68. The Balaban J connectivity index is 2.46. The number of nitrogens with one attached hydrogen (secondary N) is 2. The SMILES string of the molecule is C=CCNC(=S)NN=Cc1ccccc1F. The van der Waals surface area contributed by atoms with Crippen molar-refractivity contribution < 1.29 is 4.39 Å². The van der Waals surface area contributed by atoms with E-state index in [-0.39, 0.29) is 5.82 Å². The van der Waals surface area contributed by atoms with Gasteiger partial charge < -0.3 is 5.32 Å². The maximum atomic E-state index is 13.1. The minimum Gasteiger partial charge on any atom is -0.358 e. The van der Waals surface area contributed by atoms with Crippen molar-refractivity contribution in [3.05, 3.63) is 48.3 Å². The molecule has 0 aliphatic rings. The van der Waals surface area contributed by atoms with Gasteiger partial charge in [0.15, 0.2) is 5.11 Å². The molecule has 1 aromatic rings. The maximum absolute atomic E-state index is 13.1. The van der Waals surface area contributed by atoms with Crippen LogP contribution in [0.1, 0.15) is 5.56 Å². The third-order valence-corrected chi connectivity index (χ3v) is 1.92. The van der Waals surface area contributed by atoms with E-state index >= 15 is 0 Å². The van der Waals surface area contributed by atoms with Crippen LogP contribution in [0.3, 0.4) is 0 Å². The van der Waals surface area contributed by atoms with Gasteiger partial charge in [-0.1, -0.05) is 24.3 Å². The quantitative estimate of drug-likeness (QED) is 0.363. The lowest BCUT2D eigenvalue weighted by Crippen LogP contribution is -2.31. The van der Waals surface area contributed by atoms with Gasteiger partial charge in [0.1, 0.15) is 5.82 Å². The predicted molar refractivity (Wildman–Crippen MR) is 67.9 cm³/mol. The number of halogens is 1. The summed E-state index contributed by atoms with van der Waals surface area (Å²) < 4.78 is 13.1. The van der Waals surface area contributed by atoms with Gasteiger partial charge in [0, 0.05) is 12.1 Å². The summed E-state index contributed by atoms with van der Waals surface area (Å²) in [7, 11) is 0. The van der Waals surface area contributed by atoms with Crippen LogP contribution in [0.2, 0.25) is 0 Å². The van der Waals surface area contributed by atoms with Crippen molar-refractivity contribution in [1.82, 2.24) is 10.7 Å². The molecule has 0 heterocycles. The van der Waals surface area contributed by atoms with Crippen molar-refractivity contribution in [3.63, 3.8) is 0 Å². The molecule has 0 saturated carbocycles. The number of nitrogens with zero attached hydrogens (tertiary/aromatic N) is 1. The normalized spacial score (nSPS) is 10.1. The van der Waals surface area contributed by atoms with Gasteiger partial charge in [0.25, 0.3) is 0 Å². The number of hydrogen-bond acceptors (Lipinski definition) is 2. The largest absolute Gasteiger partial charge is 0.358 e. The van der Waals surface area contributed by atoms with E-state index in [1.807, 2.05) is 0 Å². The fourth-order valence-electron chi connectivity index (χ4n) is 0.945. The average molecular weight is 237 g/mol. The highest BCUT2D eigenvalue weighted by Gasteiger charge is 1.95. The predicted octanol–water partition coefficient (Wildman–Crippen LogP) is 1.81. The topological polar surface area (TPSA) is 36.4 Å². The molecule has 0 aromatic heterocycles. The minimum atomic E-state index is -0.321. The fraction of sp³-hybridized carbons (Fsp3) is 0.0909. The lowest BCUT2D eigenvalue weighted by molar-refractivity contribution is 0.626. The first-order chi connectivity index (χ1) is 7.74. The van der Waals surface area contributed by atoms with Crippen LogP contribution >= 0.6 is 12.2 Å². The van der Waals surface area contributed by atoms with E-state index in [0.29, 0.717) is 17.2 Å². The number of rotatable bonds is 4. The van der Waals surface area contributed by atoms with Gasteiger partial charge in [-0.3, -0.25) is 5.43 Å². The van der Waals surface area contributed by atoms with Crippen molar-refractivity contribution in [2.24, 2.45) is 5.10 Å². The van der Waals surface area contributed by atoms with Gasteiger partial charge in [-0.05, 0) is 18.3 Å². The Morgan fingerprint density at radius 3 is 2.94 bits per heavy atom. The second-order valence-electron chi connectivity index (χ2n) is 2.89. The second-order valence-corrected chi connectivity index (χ2v) is 3.30. The van der Waals surface area contributed by atoms with Crippen LogP contribution in [0, 0.1) is 5.82 Å². The zero-order valence-corrected chi connectivity index (χ0v) is 9.43. The molecule has 0 aliphatic heterocycles. The molecule has 0 bridgehead atoms. The molecule has 0 amide bonds. The smallest absolute Gasteiger partial charge is 0.187 e. The van der Waals surface area contributed by atoms with Crippen molar-refractivity contribution >= 4 is 23.5 Å². The lowest BCUT2D eigenvalue weighted by atomic mass is 10.2. The summed E-state index contributed by atoms with van der Waals surface area (Å²) in [5.74, 6) is -0.321. The minimum absolute atomic E-state index is 0.321. The van der Waals surface area contributed by atoms with Crippen LogP contribution in [-0.4, -0.2) is 17.9 Å². The average Bonchev–Trinajstić information content (AvgIpc) is 2.29. The van der Waals surface area contributed by atoms with Crippen LogP contribution in [-0.2, 0) is 0 Å². The Kier molecular flexibility index (Phi) is 5.15. The van der Waals surface area contributed by atoms with Crippen LogP contribution < -0.4 is 10.7 Å². The van der Waals surface area contributed by atoms with Gasteiger partial charge in [-0.15, -0.1) is 6.58 Å². The van der Waals surface area contributed by atoms with Gasteiger partial charge in [-0.25, -0.2) is 4.39 Å². The van der Waals surface area contributed by atoms with E-state index in [1.165, 1.54) is 12.3 Å². The molecule has 84 valence electrons. The molecule has 16 heavy (non-hydrogen) atoms. The molecular formula is C11H12FN3S. The van der Waals surface area contributed by atoms with Crippen molar-refractivity contribution in [2.75, 3.05) is 6.54 Å². The molecule has 0 aliphatic carbocycles. The lowest BCUT2D eigenvalue weighted by Gasteiger charge is -2.03. The first-order valence-corrected chi connectivity index (χ1v) is 5.07. The van der Waals surface area contributed by atoms with E-state index in [0.717, 1.165) is 0 Å². The zero-order chi connectivity index (χ0) is 11.8. The number of hydrazone groups is 1. The number of thiocarbonyl (C=S) groups is 1. The molecule has 0 radical (unpaired) electrons. The molecule has 0 unspecified atom stereocenters. The zero-order valence-electron chi connectivity index (χ0n) is 8.61. The monoisotopic (exact) mass is 237 g/mol. The summed E-state index contributed by atoms with van der Waals surface area (Å²) in [5, 5.41) is 7.00. The Morgan fingerprint density at radius 1 is 1.50 bits per heavy atom. The number of benzene rings is 1. The Labute approximate surface area is 99.1 Å². The van der Waals surface area contributed by atoms with Gasteiger partial charge in [-0.2, -0.15) is 5.10 Å². The summed E-state index contributed by atoms with van der Waals surface area (Å²) in [6, 6.07) is 6.35. The molecule has 0 fully saturated rings. The second kappa shape index (κ2) is 6.68. The van der Waals surface area contributed by atoms with Crippen LogP contribution in [0.4, 0.5) is 4.39 Å². The molecule has 5 heteroatoms. The summed E-state index contributed by atoms with van der Waals surface area (Å²) in [4.78, 5) is 0. The summed E-state index contributed by atoms with van der Waals surface area (Å²) in [6.45, 7) is 4.09. The van der Waals surface area contributed by atoms with Crippen LogP contribution in [0.5, 0.6) is 0 Å². The highest BCUT2D eigenvalue weighted by Crippen LogP contribution is 2.02. The first kappa shape index (κ1) is 12.3. The maximum Gasteiger partial charge on any atom is 0.187 e. The molecule has 1 rings (SSSR count). The third kappa shape index (κ3) is 4.18. The molecule has 0 atom stereocenters. The van der Waals surface area contributed by atoms with Crippen LogP contribution in [0.15, 0.2) is 42.0 Å². The van der Waals surface area contributed by atoms with Crippen molar-refractivity contribution in [2.45, 2.75) is 0 Å². The van der Waals surface area contributed by atoms with Gasteiger partial charge in [0.05, 0.1) is 6.21 Å². The van der Waals surface area contributed by atoms with E-state index in [9.17, 15) is 4.39 Å². The highest BCUT2D eigenvalue weighted by molar-refractivity contribution is 7.80. The van der Waals surface area contributed by atoms with E-state index in [4.69, 9.17) is 12.2 Å². The first-order valence-electron chi connectivity index (χ1n) is 4.66. The Hall–Kier alpha value is -1.75.